The van der Waals surface area contributed by atoms with E-state index in [1.54, 1.807) is 18.3 Å². The number of halogens is 1. The molecular weight excluding hydrogens is 488 g/mol. The molecule has 0 spiro atoms. The van der Waals surface area contributed by atoms with Crippen LogP contribution in [0, 0.1) is 0 Å². The van der Waals surface area contributed by atoms with Gasteiger partial charge in [-0.25, -0.2) is 13.1 Å². The number of ether oxygens (including phenoxy) is 1. The molecule has 0 unspecified atom stereocenters. The Hall–Kier alpha value is -2.88. The van der Waals surface area contributed by atoms with E-state index in [4.69, 9.17) is 16.3 Å². The molecule has 0 saturated heterocycles. The lowest BCUT2D eigenvalue weighted by molar-refractivity contribution is -0.123. The Morgan fingerprint density at radius 2 is 1.83 bits per heavy atom. The van der Waals surface area contributed by atoms with Gasteiger partial charge in [0.25, 0.3) is 5.91 Å². The number of nitrogens with zero attached hydrogens (tertiary/aromatic N) is 1. The standard InChI is InChI=1S/C25H29ClN4O4S/c26-18-6-11-22-23(12-15-28-24(22)16-18)27-13-3-14-29-25(31)17-34-20-7-9-21(10-8-20)35(32,33)30-19-4-1-2-5-19/h6-12,15-16,19,30H,1-5,13-14,17H2,(H,27,28)(H,29,31). The van der Waals surface area contributed by atoms with Crippen LogP contribution in [0.2, 0.25) is 5.02 Å². The van der Waals surface area contributed by atoms with Crippen LogP contribution in [-0.4, -0.2) is 45.0 Å². The van der Waals surface area contributed by atoms with E-state index in [9.17, 15) is 13.2 Å². The Kier molecular flexibility index (Phi) is 8.43. The number of benzene rings is 2. The van der Waals surface area contributed by atoms with Crippen molar-refractivity contribution < 1.29 is 17.9 Å². The lowest BCUT2D eigenvalue weighted by atomic mass is 10.2. The van der Waals surface area contributed by atoms with Gasteiger partial charge in [-0.15, -0.1) is 0 Å². The molecule has 1 fully saturated rings. The van der Waals surface area contributed by atoms with Gasteiger partial charge in [0.05, 0.1) is 10.4 Å². The fourth-order valence-corrected chi connectivity index (χ4v) is 5.53. The van der Waals surface area contributed by atoms with Crippen LogP contribution in [0.1, 0.15) is 32.1 Å². The maximum atomic E-state index is 12.5. The van der Waals surface area contributed by atoms with Crippen LogP contribution in [0.15, 0.2) is 59.6 Å². The number of aromatic nitrogens is 1. The molecule has 0 radical (unpaired) electrons. The number of fused-ring (bicyclic) bond motifs is 1. The van der Waals surface area contributed by atoms with Crippen molar-refractivity contribution in [3.63, 3.8) is 0 Å². The van der Waals surface area contributed by atoms with Gasteiger partial charge in [0.2, 0.25) is 10.0 Å². The molecule has 1 amide bonds. The number of hydrogen-bond acceptors (Lipinski definition) is 6. The summed E-state index contributed by atoms with van der Waals surface area (Å²) in [6.07, 6.45) is 6.31. The van der Waals surface area contributed by atoms with Gasteiger partial charge in [-0.3, -0.25) is 9.78 Å². The molecular formula is C25H29ClN4O4S. The third-order valence-electron chi connectivity index (χ3n) is 5.88. The highest BCUT2D eigenvalue weighted by Crippen LogP contribution is 2.24. The van der Waals surface area contributed by atoms with Crippen LogP contribution in [0.4, 0.5) is 5.69 Å². The van der Waals surface area contributed by atoms with Crippen molar-refractivity contribution in [2.24, 2.45) is 0 Å². The van der Waals surface area contributed by atoms with E-state index in [1.165, 1.54) is 12.1 Å². The van der Waals surface area contributed by atoms with Gasteiger partial charge in [0.1, 0.15) is 5.75 Å². The number of carbonyl (C=O) groups is 1. The van der Waals surface area contributed by atoms with Gasteiger partial charge in [-0.05, 0) is 67.8 Å². The first-order valence-electron chi connectivity index (χ1n) is 11.7. The molecule has 8 nitrogen and oxygen atoms in total. The number of nitrogens with one attached hydrogen (secondary N) is 3. The van der Waals surface area contributed by atoms with Crippen LogP contribution < -0.4 is 20.1 Å². The predicted octanol–water partition coefficient (Wildman–Crippen LogP) is 4.11. The number of amides is 1. The zero-order valence-electron chi connectivity index (χ0n) is 19.3. The van der Waals surface area contributed by atoms with Gasteiger partial charge in [-0.2, -0.15) is 0 Å². The van der Waals surface area contributed by atoms with E-state index in [-0.39, 0.29) is 23.5 Å². The molecule has 0 bridgehead atoms. The number of carbonyl (C=O) groups excluding carboxylic acids is 1. The first-order chi connectivity index (χ1) is 16.9. The quantitative estimate of drug-likeness (QED) is 0.331. The fraction of sp³-hybridized carbons (Fsp3) is 0.360. The van der Waals surface area contributed by atoms with Crippen molar-refractivity contribution in [1.82, 2.24) is 15.0 Å². The van der Waals surface area contributed by atoms with E-state index in [1.807, 2.05) is 24.3 Å². The minimum Gasteiger partial charge on any atom is -0.484 e. The smallest absolute Gasteiger partial charge is 0.257 e. The minimum absolute atomic E-state index is 0.0120. The second-order valence-electron chi connectivity index (χ2n) is 8.51. The SMILES string of the molecule is O=C(COc1ccc(S(=O)(=O)NC2CCCC2)cc1)NCCCNc1ccnc2cc(Cl)ccc12. The molecule has 4 rings (SSSR count). The molecule has 1 saturated carbocycles. The molecule has 3 aromatic rings. The van der Waals surface area contributed by atoms with Crippen molar-refractivity contribution in [2.75, 3.05) is 25.0 Å². The van der Waals surface area contributed by atoms with Gasteiger partial charge in [0.15, 0.2) is 6.61 Å². The molecule has 2 aromatic carbocycles. The lowest BCUT2D eigenvalue weighted by Crippen LogP contribution is -2.32. The number of pyridine rings is 1. The summed E-state index contributed by atoms with van der Waals surface area (Å²) in [5, 5.41) is 7.81. The molecule has 3 N–H and O–H groups in total. The van der Waals surface area contributed by atoms with Gasteiger partial charge < -0.3 is 15.4 Å². The van der Waals surface area contributed by atoms with Crippen molar-refractivity contribution in [1.29, 1.82) is 0 Å². The Balaban J connectivity index is 1.16. The summed E-state index contributed by atoms with van der Waals surface area (Å²) in [7, 11) is -3.54. The second kappa shape index (κ2) is 11.7. The average Bonchev–Trinajstić information content (AvgIpc) is 3.35. The monoisotopic (exact) mass is 516 g/mol. The van der Waals surface area contributed by atoms with E-state index >= 15 is 0 Å². The summed E-state index contributed by atoms with van der Waals surface area (Å²) < 4.78 is 33.2. The second-order valence-corrected chi connectivity index (χ2v) is 10.7. The highest BCUT2D eigenvalue weighted by Gasteiger charge is 2.22. The van der Waals surface area contributed by atoms with Crippen LogP contribution in [0.5, 0.6) is 5.75 Å². The largest absolute Gasteiger partial charge is 0.484 e. The molecule has 0 atom stereocenters. The minimum atomic E-state index is -3.54. The van der Waals surface area contributed by atoms with Crippen molar-refractivity contribution in [2.45, 2.75) is 43.0 Å². The fourth-order valence-electron chi connectivity index (χ4n) is 4.06. The van der Waals surface area contributed by atoms with Gasteiger partial charge in [0, 0.05) is 41.4 Å². The highest BCUT2D eigenvalue weighted by atomic mass is 35.5. The summed E-state index contributed by atoms with van der Waals surface area (Å²) >= 11 is 6.03. The van der Waals surface area contributed by atoms with E-state index in [0.29, 0.717) is 23.9 Å². The topological polar surface area (TPSA) is 109 Å². The predicted molar refractivity (Wildman–Crippen MR) is 137 cm³/mol. The summed E-state index contributed by atoms with van der Waals surface area (Å²) in [6, 6.07) is 13.6. The first-order valence-corrected chi connectivity index (χ1v) is 13.6. The van der Waals surface area contributed by atoms with Crippen LogP contribution in [0.25, 0.3) is 10.9 Å². The molecule has 1 heterocycles. The molecule has 35 heavy (non-hydrogen) atoms. The maximum Gasteiger partial charge on any atom is 0.257 e. The van der Waals surface area contributed by atoms with E-state index in [2.05, 4.69) is 20.3 Å². The Morgan fingerprint density at radius 1 is 1.06 bits per heavy atom. The molecule has 1 aliphatic carbocycles. The molecule has 1 aliphatic rings. The maximum absolute atomic E-state index is 12.5. The molecule has 186 valence electrons. The summed E-state index contributed by atoms with van der Waals surface area (Å²) in [6.45, 7) is 1.03. The summed E-state index contributed by atoms with van der Waals surface area (Å²) in [5.74, 6) is 0.194. The molecule has 10 heteroatoms. The van der Waals surface area contributed by atoms with E-state index in [0.717, 1.165) is 48.7 Å². The number of sulfonamides is 1. The Bertz CT molecular complexity index is 1260. The normalized spacial score (nSPS) is 14.2. The average molecular weight is 517 g/mol. The molecule has 0 aliphatic heterocycles. The Morgan fingerprint density at radius 3 is 2.60 bits per heavy atom. The van der Waals surface area contributed by atoms with Crippen LogP contribution in [-0.2, 0) is 14.8 Å². The van der Waals surface area contributed by atoms with Crippen molar-refractivity contribution >= 4 is 44.1 Å². The van der Waals surface area contributed by atoms with Gasteiger partial charge >= 0.3 is 0 Å². The zero-order valence-corrected chi connectivity index (χ0v) is 20.9. The van der Waals surface area contributed by atoms with Gasteiger partial charge in [-0.1, -0.05) is 24.4 Å². The zero-order chi connectivity index (χ0) is 24.7. The summed E-state index contributed by atoms with van der Waals surface area (Å²) in [5.41, 5.74) is 1.79. The number of rotatable bonds is 11. The first kappa shape index (κ1) is 25.2. The summed E-state index contributed by atoms with van der Waals surface area (Å²) in [4.78, 5) is 16.6. The number of anilines is 1. The Labute approximate surface area is 210 Å². The van der Waals surface area contributed by atoms with Crippen LogP contribution >= 0.6 is 11.6 Å². The van der Waals surface area contributed by atoms with Crippen molar-refractivity contribution in [3.05, 3.63) is 59.8 Å². The van der Waals surface area contributed by atoms with E-state index < -0.39 is 10.0 Å². The highest BCUT2D eigenvalue weighted by molar-refractivity contribution is 7.89. The third kappa shape index (κ3) is 7.06. The van der Waals surface area contributed by atoms with Crippen molar-refractivity contribution in [3.8, 4) is 5.75 Å². The molecule has 1 aromatic heterocycles. The lowest BCUT2D eigenvalue weighted by Gasteiger charge is -2.13. The number of hydrogen-bond donors (Lipinski definition) is 3. The third-order valence-corrected chi connectivity index (χ3v) is 7.65. The van der Waals surface area contributed by atoms with Crippen LogP contribution in [0.3, 0.4) is 0 Å².